The van der Waals surface area contributed by atoms with E-state index in [1.54, 1.807) is 18.2 Å². The molecule has 0 aliphatic carbocycles. The summed E-state index contributed by atoms with van der Waals surface area (Å²) in [6.07, 6.45) is 0.964. The maximum Gasteiger partial charge on any atom is 0.326 e. The van der Waals surface area contributed by atoms with E-state index in [4.69, 9.17) is 11.6 Å². The summed E-state index contributed by atoms with van der Waals surface area (Å²) in [4.78, 5) is 26.7. The van der Waals surface area contributed by atoms with Gasteiger partial charge in [-0.1, -0.05) is 66.2 Å². The van der Waals surface area contributed by atoms with E-state index in [2.05, 4.69) is 0 Å². The minimum atomic E-state index is -0.991. The fourth-order valence-corrected chi connectivity index (χ4v) is 4.49. The molecule has 152 valence electrons. The minimum absolute atomic E-state index is 0.291. The maximum atomic E-state index is 13.4. The molecule has 4 nitrogen and oxygen atoms in total. The van der Waals surface area contributed by atoms with Gasteiger partial charge in [-0.15, -0.1) is 0 Å². The lowest BCUT2D eigenvalue weighted by Crippen LogP contribution is -2.41. The molecule has 0 unspecified atom stereocenters. The number of amides is 1. The van der Waals surface area contributed by atoms with Gasteiger partial charge in [-0.25, -0.2) is 4.79 Å². The Morgan fingerprint density at radius 1 is 0.933 bits per heavy atom. The van der Waals surface area contributed by atoms with Crippen molar-refractivity contribution >= 4 is 23.5 Å². The van der Waals surface area contributed by atoms with E-state index in [0.29, 0.717) is 23.4 Å². The molecule has 1 saturated heterocycles. The standard InChI is InChI=1S/C25H22ClNO3/c1-16-6-2-3-7-19(16)17-10-12-18(13-11-17)24(28)27-22(14-15-23(27)25(29)30)20-8-4-5-9-21(20)26/h2-13,22-23H,14-15H2,1H3,(H,29,30)/t22-,23+/m0/s1. The molecule has 1 heterocycles. The summed E-state index contributed by atoms with van der Waals surface area (Å²) in [7, 11) is 0. The van der Waals surface area contributed by atoms with E-state index in [-0.39, 0.29) is 11.9 Å². The van der Waals surface area contributed by atoms with E-state index < -0.39 is 12.0 Å². The first-order valence-electron chi connectivity index (χ1n) is 9.93. The van der Waals surface area contributed by atoms with Gasteiger partial charge in [0.1, 0.15) is 6.04 Å². The van der Waals surface area contributed by atoms with Gasteiger partial charge in [-0.05, 0) is 60.2 Å². The fraction of sp³-hybridized carbons (Fsp3) is 0.200. The average Bonchev–Trinajstić information content (AvgIpc) is 3.19. The van der Waals surface area contributed by atoms with Gasteiger partial charge in [0.25, 0.3) is 5.91 Å². The number of benzene rings is 3. The maximum absolute atomic E-state index is 13.4. The third-order valence-corrected chi connectivity index (χ3v) is 6.10. The Balaban J connectivity index is 1.68. The number of carboxylic acids is 1. The monoisotopic (exact) mass is 419 g/mol. The van der Waals surface area contributed by atoms with Crippen molar-refractivity contribution in [1.82, 2.24) is 4.90 Å². The molecule has 0 aromatic heterocycles. The van der Waals surface area contributed by atoms with Crippen LogP contribution in [-0.4, -0.2) is 27.9 Å². The Morgan fingerprint density at radius 2 is 1.60 bits per heavy atom. The third-order valence-electron chi connectivity index (χ3n) is 5.76. The molecule has 5 heteroatoms. The van der Waals surface area contributed by atoms with Crippen LogP contribution in [0.1, 0.15) is 40.4 Å². The molecule has 2 atom stereocenters. The van der Waals surface area contributed by atoms with Gasteiger partial charge < -0.3 is 10.0 Å². The van der Waals surface area contributed by atoms with Crippen molar-refractivity contribution in [1.29, 1.82) is 0 Å². The second-order valence-corrected chi connectivity index (χ2v) is 7.98. The van der Waals surface area contributed by atoms with Gasteiger partial charge in [0, 0.05) is 10.6 Å². The number of carbonyl (C=O) groups excluding carboxylic acids is 1. The topological polar surface area (TPSA) is 57.6 Å². The first-order chi connectivity index (χ1) is 14.5. The van der Waals surface area contributed by atoms with Gasteiger partial charge in [0.05, 0.1) is 6.04 Å². The Labute approximate surface area is 180 Å². The van der Waals surface area contributed by atoms with Gasteiger partial charge in [-0.3, -0.25) is 4.79 Å². The number of hydrogen-bond donors (Lipinski definition) is 1. The number of likely N-dealkylation sites (tertiary alicyclic amines) is 1. The molecule has 1 amide bonds. The largest absolute Gasteiger partial charge is 0.480 e. The average molecular weight is 420 g/mol. The predicted octanol–water partition coefficient (Wildman–Crippen LogP) is 5.75. The van der Waals surface area contributed by atoms with Gasteiger partial charge >= 0.3 is 5.97 Å². The molecule has 0 saturated carbocycles. The molecular weight excluding hydrogens is 398 g/mol. The van der Waals surface area contributed by atoms with Gasteiger partial charge in [0.15, 0.2) is 0 Å². The fourth-order valence-electron chi connectivity index (χ4n) is 4.23. The molecule has 0 bridgehead atoms. The van der Waals surface area contributed by atoms with Crippen LogP contribution in [0, 0.1) is 6.92 Å². The quantitative estimate of drug-likeness (QED) is 0.586. The zero-order chi connectivity index (χ0) is 21.3. The molecule has 1 N–H and O–H groups in total. The first kappa shape index (κ1) is 20.2. The molecule has 1 fully saturated rings. The summed E-state index contributed by atoms with van der Waals surface area (Å²) in [5.74, 6) is -1.28. The van der Waals surface area contributed by atoms with Crippen LogP contribution >= 0.6 is 11.6 Å². The Kier molecular flexibility index (Phi) is 5.60. The molecule has 0 spiro atoms. The summed E-state index contributed by atoms with van der Waals surface area (Å²) < 4.78 is 0. The summed E-state index contributed by atoms with van der Waals surface area (Å²) in [5, 5.41) is 10.3. The van der Waals surface area contributed by atoms with Crippen LogP contribution in [-0.2, 0) is 4.79 Å². The van der Waals surface area contributed by atoms with Crippen LogP contribution < -0.4 is 0 Å². The van der Waals surface area contributed by atoms with Crippen molar-refractivity contribution in [2.45, 2.75) is 31.8 Å². The van der Waals surface area contributed by atoms with Crippen LogP contribution in [0.2, 0.25) is 5.02 Å². The molecule has 3 aromatic rings. The SMILES string of the molecule is Cc1ccccc1-c1ccc(C(=O)N2[C@@H](C(=O)O)CC[C@H]2c2ccccc2Cl)cc1. The van der Waals surface area contributed by atoms with Crippen molar-refractivity contribution in [3.63, 3.8) is 0 Å². The number of carbonyl (C=O) groups is 2. The summed E-state index contributed by atoms with van der Waals surface area (Å²) >= 11 is 6.37. The van der Waals surface area contributed by atoms with Crippen LogP contribution in [0.4, 0.5) is 0 Å². The highest BCUT2D eigenvalue weighted by Gasteiger charge is 2.42. The molecule has 3 aromatic carbocycles. The Hall–Kier alpha value is -3.11. The number of aryl methyl sites for hydroxylation is 1. The van der Waals surface area contributed by atoms with E-state index in [9.17, 15) is 14.7 Å². The van der Waals surface area contributed by atoms with Crippen LogP contribution in [0.15, 0.2) is 72.8 Å². The van der Waals surface area contributed by atoms with Crippen LogP contribution in [0.5, 0.6) is 0 Å². The lowest BCUT2D eigenvalue weighted by molar-refractivity contribution is -0.141. The highest BCUT2D eigenvalue weighted by atomic mass is 35.5. The van der Waals surface area contributed by atoms with Crippen molar-refractivity contribution in [3.05, 3.63) is 94.5 Å². The highest BCUT2D eigenvalue weighted by molar-refractivity contribution is 6.31. The normalized spacial score (nSPS) is 18.4. The highest BCUT2D eigenvalue weighted by Crippen LogP contribution is 2.40. The van der Waals surface area contributed by atoms with Crippen molar-refractivity contribution in [2.24, 2.45) is 0 Å². The second-order valence-electron chi connectivity index (χ2n) is 7.57. The zero-order valence-electron chi connectivity index (χ0n) is 16.6. The summed E-state index contributed by atoms with van der Waals surface area (Å²) in [6.45, 7) is 2.05. The Bertz CT molecular complexity index is 1090. The number of aliphatic carboxylic acids is 1. The van der Waals surface area contributed by atoms with E-state index in [1.807, 2.05) is 61.5 Å². The summed E-state index contributed by atoms with van der Waals surface area (Å²) in [5.41, 5.74) is 4.53. The first-order valence-corrected chi connectivity index (χ1v) is 10.3. The molecular formula is C25H22ClNO3. The van der Waals surface area contributed by atoms with Crippen molar-refractivity contribution < 1.29 is 14.7 Å². The molecule has 0 radical (unpaired) electrons. The number of hydrogen-bond acceptors (Lipinski definition) is 2. The van der Waals surface area contributed by atoms with E-state index >= 15 is 0 Å². The number of nitrogens with zero attached hydrogens (tertiary/aromatic N) is 1. The van der Waals surface area contributed by atoms with Gasteiger partial charge in [-0.2, -0.15) is 0 Å². The molecule has 1 aliphatic heterocycles. The molecule has 4 rings (SSSR count). The van der Waals surface area contributed by atoms with Crippen molar-refractivity contribution in [3.8, 4) is 11.1 Å². The molecule has 1 aliphatic rings. The van der Waals surface area contributed by atoms with E-state index in [0.717, 1.165) is 22.3 Å². The van der Waals surface area contributed by atoms with Crippen LogP contribution in [0.3, 0.4) is 0 Å². The number of rotatable bonds is 4. The van der Waals surface area contributed by atoms with Crippen LogP contribution in [0.25, 0.3) is 11.1 Å². The van der Waals surface area contributed by atoms with Crippen molar-refractivity contribution in [2.75, 3.05) is 0 Å². The number of carboxylic acid groups (broad SMARTS) is 1. The lowest BCUT2D eigenvalue weighted by Gasteiger charge is -2.29. The molecule has 30 heavy (non-hydrogen) atoms. The summed E-state index contributed by atoms with van der Waals surface area (Å²) in [6, 6.07) is 21.5. The smallest absolute Gasteiger partial charge is 0.326 e. The van der Waals surface area contributed by atoms with E-state index in [1.165, 1.54) is 4.90 Å². The van der Waals surface area contributed by atoms with Gasteiger partial charge in [0.2, 0.25) is 0 Å². The predicted molar refractivity (Wildman–Crippen MR) is 118 cm³/mol. The minimum Gasteiger partial charge on any atom is -0.480 e. The zero-order valence-corrected chi connectivity index (χ0v) is 17.3. The third kappa shape index (κ3) is 3.71. The number of halogens is 1. The second kappa shape index (κ2) is 8.33. The lowest BCUT2D eigenvalue weighted by atomic mass is 9.99. The Morgan fingerprint density at radius 3 is 2.27 bits per heavy atom.